The van der Waals surface area contributed by atoms with Crippen molar-refractivity contribution < 1.29 is 9.13 Å². The van der Waals surface area contributed by atoms with Crippen molar-refractivity contribution in [2.24, 2.45) is 5.10 Å². The lowest BCUT2D eigenvalue weighted by Crippen LogP contribution is -1.96. The zero-order valence-electron chi connectivity index (χ0n) is 12.2. The number of para-hydroxylation sites is 1. The quantitative estimate of drug-likeness (QED) is 0.588. The Labute approximate surface area is 137 Å². The van der Waals surface area contributed by atoms with Crippen LogP contribution < -0.4 is 4.74 Å². The van der Waals surface area contributed by atoms with Crippen molar-refractivity contribution >= 4 is 18.4 Å². The van der Waals surface area contributed by atoms with E-state index >= 15 is 0 Å². The van der Waals surface area contributed by atoms with Crippen molar-refractivity contribution in [3.05, 3.63) is 64.7 Å². The summed E-state index contributed by atoms with van der Waals surface area (Å²) in [5.41, 5.74) is 1.37. The van der Waals surface area contributed by atoms with Gasteiger partial charge in [-0.2, -0.15) is 14.9 Å². The molecule has 116 valence electrons. The molecule has 0 fully saturated rings. The highest BCUT2D eigenvalue weighted by Gasteiger charge is 2.09. The molecule has 3 aromatic rings. The van der Waals surface area contributed by atoms with Gasteiger partial charge in [-0.3, -0.25) is 0 Å². The van der Waals surface area contributed by atoms with E-state index in [1.165, 1.54) is 16.8 Å². The largest absolute Gasteiger partial charge is 0.496 e. The third-order valence-corrected chi connectivity index (χ3v) is 3.45. The van der Waals surface area contributed by atoms with E-state index in [1.807, 2.05) is 24.3 Å². The monoisotopic (exact) mass is 328 g/mol. The van der Waals surface area contributed by atoms with E-state index in [2.05, 4.69) is 15.3 Å². The second kappa shape index (κ2) is 6.53. The molecule has 0 bridgehead atoms. The first-order valence-corrected chi connectivity index (χ1v) is 7.20. The van der Waals surface area contributed by atoms with Crippen LogP contribution in [0.1, 0.15) is 5.56 Å². The Morgan fingerprint density at radius 2 is 2.09 bits per heavy atom. The summed E-state index contributed by atoms with van der Waals surface area (Å²) in [6.07, 6.45) is 1.62. The Hall–Kier alpha value is -2.80. The van der Waals surface area contributed by atoms with E-state index in [4.69, 9.17) is 17.0 Å². The average Bonchev–Trinajstić information content (AvgIpc) is 2.94. The molecule has 1 aromatic heterocycles. The van der Waals surface area contributed by atoms with Gasteiger partial charge in [0.15, 0.2) is 5.82 Å². The first kappa shape index (κ1) is 15.1. The molecule has 0 spiro atoms. The lowest BCUT2D eigenvalue weighted by Gasteiger charge is -2.04. The lowest BCUT2D eigenvalue weighted by molar-refractivity contribution is 0.414. The number of benzene rings is 2. The molecule has 0 radical (unpaired) electrons. The van der Waals surface area contributed by atoms with Crippen LogP contribution in [0.25, 0.3) is 11.4 Å². The predicted octanol–water partition coefficient (Wildman–Crippen LogP) is 3.64. The van der Waals surface area contributed by atoms with Gasteiger partial charge in [0.2, 0.25) is 4.77 Å². The van der Waals surface area contributed by atoms with Gasteiger partial charge in [-0.15, -0.1) is 0 Å². The Morgan fingerprint density at radius 3 is 2.87 bits per heavy atom. The number of aromatic amines is 1. The summed E-state index contributed by atoms with van der Waals surface area (Å²) in [7, 11) is 1.59. The van der Waals surface area contributed by atoms with Crippen LogP contribution in [0.5, 0.6) is 5.75 Å². The number of halogens is 1. The van der Waals surface area contributed by atoms with Crippen molar-refractivity contribution in [1.29, 1.82) is 0 Å². The molecular formula is C16H13FN4OS. The van der Waals surface area contributed by atoms with Gasteiger partial charge >= 0.3 is 0 Å². The van der Waals surface area contributed by atoms with Crippen molar-refractivity contribution in [1.82, 2.24) is 14.9 Å². The number of hydrogen-bond acceptors (Lipinski definition) is 4. The summed E-state index contributed by atoms with van der Waals surface area (Å²) in [5, 5.41) is 11.1. The first-order chi connectivity index (χ1) is 11.2. The predicted molar refractivity (Wildman–Crippen MR) is 88.8 cm³/mol. The van der Waals surface area contributed by atoms with Crippen LogP contribution in [0.3, 0.4) is 0 Å². The highest BCUT2D eigenvalue weighted by molar-refractivity contribution is 7.71. The van der Waals surface area contributed by atoms with E-state index in [9.17, 15) is 4.39 Å². The molecule has 0 aliphatic carbocycles. The van der Waals surface area contributed by atoms with Crippen LogP contribution in [-0.4, -0.2) is 28.2 Å². The zero-order chi connectivity index (χ0) is 16.2. The summed E-state index contributed by atoms with van der Waals surface area (Å²) in [6.45, 7) is 0. The summed E-state index contributed by atoms with van der Waals surface area (Å²) in [5.74, 6) is 0.774. The Morgan fingerprint density at radius 1 is 1.26 bits per heavy atom. The van der Waals surface area contributed by atoms with Gasteiger partial charge in [0.05, 0.1) is 13.3 Å². The number of nitrogens with one attached hydrogen (secondary N) is 1. The number of rotatable bonds is 4. The number of nitrogens with zero attached hydrogens (tertiary/aromatic N) is 3. The number of aromatic nitrogens is 3. The maximum Gasteiger partial charge on any atom is 0.216 e. The summed E-state index contributed by atoms with van der Waals surface area (Å²) in [4.78, 5) is 0. The Kier molecular flexibility index (Phi) is 4.29. The van der Waals surface area contributed by atoms with E-state index in [0.717, 1.165) is 5.56 Å². The number of H-pyrrole nitrogens is 1. The minimum atomic E-state index is -0.350. The fraction of sp³-hybridized carbons (Fsp3) is 0.0625. The molecular weight excluding hydrogens is 315 g/mol. The third-order valence-electron chi connectivity index (χ3n) is 3.18. The molecule has 0 saturated heterocycles. The molecule has 2 aromatic carbocycles. The molecule has 23 heavy (non-hydrogen) atoms. The van der Waals surface area contributed by atoms with E-state index in [1.54, 1.807) is 25.5 Å². The van der Waals surface area contributed by atoms with Gasteiger partial charge in [0.1, 0.15) is 11.6 Å². The molecule has 0 aliphatic heterocycles. The van der Waals surface area contributed by atoms with Gasteiger partial charge in [-0.1, -0.05) is 24.3 Å². The van der Waals surface area contributed by atoms with Crippen molar-refractivity contribution in [3.63, 3.8) is 0 Å². The molecule has 0 atom stereocenters. The minimum Gasteiger partial charge on any atom is -0.496 e. The smallest absolute Gasteiger partial charge is 0.216 e. The molecule has 1 N–H and O–H groups in total. The summed E-state index contributed by atoms with van der Waals surface area (Å²) < 4.78 is 20.4. The van der Waals surface area contributed by atoms with Gasteiger partial charge in [-0.05, 0) is 36.5 Å². The maximum absolute atomic E-state index is 13.4. The second-order valence-electron chi connectivity index (χ2n) is 4.66. The lowest BCUT2D eigenvalue weighted by atomic mass is 10.2. The topological polar surface area (TPSA) is 55.2 Å². The number of methoxy groups -OCH3 is 1. The van der Waals surface area contributed by atoms with Gasteiger partial charge in [-0.25, -0.2) is 9.49 Å². The van der Waals surface area contributed by atoms with Crippen LogP contribution >= 0.6 is 12.2 Å². The van der Waals surface area contributed by atoms with Crippen LogP contribution in [0.2, 0.25) is 0 Å². The van der Waals surface area contributed by atoms with Crippen LogP contribution in [-0.2, 0) is 0 Å². The molecule has 0 amide bonds. The Bertz CT molecular complexity index is 916. The molecule has 0 saturated carbocycles. The highest BCUT2D eigenvalue weighted by Crippen LogP contribution is 2.19. The van der Waals surface area contributed by atoms with Gasteiger partial charge in [0.25, 0.3) is 0 Å². The average molecular weight is 328 g/mol. The van der Waals surface area contributed by atoms with E-state index in [0.29, 0.717) is 21.9 Å². The molecule has 3 rings (SSSR count). The van der Waals surface area contributed by atoms with Gasteiger partial charge < -0.3 is 4.74 Å². The van der Waals surface area contributed by atoms with E-state index < -0.39 is 0 Å². The maximum atomic E-state index is 13.4. The Balaban J connectivity index is 2.03. The standard InChI is InChI=1S/C16H13FN4OS/c1-22-14-8-3-2-5-12(14)10-18-21-15(19-20-16(21)23)11-6-4-7-13(17)9-11/h2-10H,1H3,(H,20,23)/b18-10-. The zero-order valence-corrected chi connectivity index (χ0v) is 13.0. The van der Waals surface area contributed by atoms with Crippen molar-refractivity contribution in [2.45, 2.75) is 0 Å². The fourth-order valence-electron chi connectivity index (χ4n) is 2.11. The van der Waals surface area contributed by atoms with Crippen molar-refractivity contribution in [2.75, 3.05) is 7.11 Å². The third kappa shape index (κ3) is 3.19. The van der Waals surface area contributed by atoms with Crippen LogP contribution in [0, 0.1) is 10.6 Å². The van der Waals surface area contributed by atoms with Gasteiger partial charge in [0, 0.05) is 11.1 Å². The summed E-state index contributed by atoms with van der Waals surface area (Å²) in [6, 6.07) is 13.5. The number of ether oxygens (including phenoxy) is 1. The highest BCUT2D eigenvalue weighted by atomic mass is 32.1. The summed E-state index contributed by atoms with van der Waals surface area (Å²) >= 11 is 5.19. The molecule has 0 aliphatic rings. The van der Waals surface area contributed by atoms with Crippen LogP contribution in [0.15, 0.2) is 53.6 Å². The minimum absolute atomic E-state index is 0.315. The number of hydrogen-bond donors (Lipinski definition) is 1. The second-order valence-corrected chi connectivity index (χ2v) is 5.05. The first-order valence-electron chi connectivity index (χ1n) is 6.80. The SMILES string of the molecule is COc1ccccc1/C=N\n1c(-c2cccc(F)c2)n[nH]c1=S. The van der Waals surface area contributed by atoms with Crippen molar-refractivity contribution in [3.8, 4) is 17.1 Å². The molecule has 7 heteroatoms. The molecule has 0 unspecified atom stereocenters. The fourth-order valence-corrected chi connectivity index (χ4v) is 2.29. The van der Waals surface area contributed by atoms with Crippen LogP contribution in [0.4, 0.5) is 4.39 Å². The molecule has 5 nitrogen and oxygen atoms in total. The van der Waals surface area contributed by atoms with E-state index in [-0.39, 0.29) is 5.82 Å². The normalized spacial score (nSPS) is 11.0. The molecule has 1 heterocycles.